The van der Waals surface area contributed by atoms with Gasteiger partial charge >= 0.3 is 0 Å². The second-order valence-electron chi connectivity index (χ2n) is 10.2. The Bertz CT molecular complexity index is 1540. The summed E-state index contributed by atoms with van der Waals surface area (Å²) in [7, 11) is 0. The summed E-state index contributed by atoms with van der Waals surface area (Å²) in [6.45, 7) is 0.650. The summed E-state index contributed by atoms with van der Waals surface area (Å²) >= 11 is 0. The Morgan fingerprint density at radius 2 is 1.40 bits per heavy atom. The Labute approximate surface area is 241 Å². The van der Waals surface area contributed by atoms with Crippen molar-refractivity contribution in [3.05, 3.63) is 40.6 Å². The van der Waals surface area contributed by atoms with Gasteiger partial charge in [0.05, 0.1) is 12.7 Å². The van der Waals surface area contributed by atoms with Crippen LogP contribution in [-0.2, 0) is 9.47 Å². The van der Waals surface area contributed by atoms with Gasteiger partial charge in [0.1, 0.15) is 65.2 Å². The van der Waals surface area contributed by atoms with E-state index in [-0.39, 0.29) is 16.9 Å². The highest BCUT2D eigenvalue weighted by molar-refractivity contribution is 5.88. The lowest BCUT2D eigenvalue weighted by Gasteiger charge is -2.39. The Morgan fingerprint density at radius 3 is 2.05 bits per heavy atom. The van der Waals surface area contributed by atoms with Crippen LogP contribution in [0.1, 0.15) is 6.92 Å². The fourth-order valence-corrected chi connectivity index (χ4v) is 4.81. The third-order valence-electron chi connectivity index (χ3n) is 7.29. The van der Waals surface area contributed by atoms with Crippen LogP contribution >= 0.6 is 0 Å². The third-order valence-corrected chi connectivity index (χ3v) is 7.29. The topological polar surface area (TPSA) is 269 Å². The number of aromatic hydroxyl groups is 3. The lowest BCUT2D eigenvalue weighted by molar-refractivity contribution is -0.277. The number of fused-ring (bicyclic) bond motifs is 1. The summed E-state index contributed by atoms with van der Waals surface area (Å²) in [6, 6.07) is 5.43. The number of aliphatic hydroxyl groups is 7. The minimum Gasteiger partial charge on any atom is -0.507 e. The molecular formula is C27H30O16. The van der Waals surface area contributed by atoms with Crippen molar-refractivity contribution in [1.82, 2.24) is 0 Å². The maximum atomic E-state index is 13.7. The fraction of sp³-hybridized carbons (Fsp3) is 0.444. The number of aliphatic hydroxyl groups excluding tert-OH is 7. The minimum absolute atomic E-state index is 0.0447. The zero-order valence-corrected chi connectivity index (χ0v) is 22.3. The molecule has 3 aromatic rings. The van der Waals surface area contributed by atoms with Crippen LogP contribution in [0.3, 0.4) is 0 Å². The van der Waals surface area contributed by atoms with Gasteiger partial charge in [-0.25, -0.2) is 0 Å². The molecule has 0 bridgehead atoms. The van der Waals surface area contributed by atoms with Crippen LogP contribution in [0.2, 0.25) is 0 Å². The van der Waals surface area contributed by atoms with Gasteiger partial charge in [-0.2, -0.15) is 0 Å². The number of benzene rings is 2. The molecular weight excluding hydrogens is 580 g/mol. The lowest BCUT2D eigenvalue weighted by Crippen LogP contribution is -2.60. The largest absolute Gasteiger partial charge is 0.507 e. The van der Waals surface area contributed by atoms with E-state index in [0.29, 0.717) is 0 Å². The predicted molar refractivity (Wildman–Crippen MR) is 140 cm³/mol. The SMILES string of the molecule is C[C@H]1O[C@@H](Oc2cc(O)c3c(=O)c(O[C@@H]4O[C@@H](CO)[C@@H](O)[C@H](O)[C@H]4O)c(-c4ccc(O)c(O)c4)oc3c2)[C@H](O)[C@H](O)[C@H]1O. The second kappa shape index (κ2) is 11.8. The van der Waals surface area contributed by atoms with Crippen LogP contribution in [0.5, 0.6) is 28.7 Å². The number of phenols is 3. The van der Waals surface area contributed by atoms with Crippen LogP contribution in [0.4, 0.5) is 0 Å². The first kappa shape index (κ1) is 30.7. The lowest BCUT2D eigenvalue weighted by atomic mass is 9.99. The van der Waals surface area contributed by atoms with E-state index < -0.39 is 108 Å². The van der Waals surface area contributed by atoms with E-state index in [9.17, 15) is 55.9 Å². The average molecular weight is 611 g/mol. The molecule has 16 heteroatoms. The molecule has 2 aliphatic heterocycles. The van der Waals surface area contributed by atoms with Crippen LogP contribution < -0.4 is 14.9 Å². The molecule has 2 aromatic carbocycles. The summed E-state index contributed by atoms with van der Waals surface area (Å²) in [5.74, 6) is -3.14. The average Bonchev–Trinajstić information content (AvgIpc) is 2.97. The zero-order chi connectivity index (χ0) is 31.3. The Hall–Kier alpha value is -3.71. The Morgan fingerprint density at radius 1 is 0.744 bits per heavy atom. The van der Waals surface area contributed by atoms with Gasteiger partial charge in [0, 0.05) is 17.7 Å². The molecule has 0 amide bonds. The van der Waals surface area contributed by atoms with Crippen molar-refractivity contribution in [2.24, 2.45) is 0 Å². The molecule has 2 fully saturated rings. The molecule has 3 heterocycles. The van der Waals surface area contributed by atoms with Crippen molar-refractivity contribution >= 4 is 11.0 Å². The number of ether oxygens (including phenoxy) is 4. The van der Waals surface area contributed by atoms with E-state index >= 15 is 0 Å². The highest BCUT2D eigenvalue weighted by Crippen LogP contribution is 2.40. The second-order valence-corrected chi connectivity index (χ2v) is 10.2. The summed E-state index contributed by atoms with van der Waals surface area (Å²) in [4.78, 5) is 13.7. The molecule has 5 rings (SSSR count). The number of phenolic OH excluding ortho intramolecular Hbond substituents is 3. The third kappa shape index (κ3) is 5.55. The van der Waals surface area contributed by atoms with Gasteiger partial charge in [-0.15, -0.1) is 0 Å². The van der Waals surface area contributed by atoms with Crippen molar-refractivity contribution < 1.29 is 74.4 Å². The van der Waals surface area contributed by atoms with Crippen LogP contribution in [0, 0.1) is 0 Å². The summed E-state index contributed by atoms with van der Waals surface area (Å²) < 4.78 is 27.8. The number of rotatable bonds is 6. The van der Waals surface area contributed by atoms with Crippen molar-refractivity contribution in [3.63, 3.8) is 0 Å². The van der Waals surface area contributed by atoms with Crippen molar-refractivity contribution in [1.29, 1.82) is 0 Å². The van der Waals surface area contributed by atoms with Gasteiger partial charge in [0.15, 0.2) is 17.3 Å². The maximum Gasteiger partial charge on any atom is 0.239 e. The molecule has 2 saturated heterocycles. The van der Waals surface area contributed by atoms with E-state index in [1.807, 2.05) is 0 Å². The molecule has 16 nitrogen and oxygen atoms in total. The maximum absolute atomic E-state index is 13.7. The Balaban J connectivity index is 1.61. The monoisotopic (exact) mass is 610 g/mol. The van der Waals surface area contributed by atoms with E-state index in [0.717, 1.165) is 24.3 Å². The van der Waals surface area contributed by atoms with Gasteiger partial charge in [-0.3, -0.25) is 4.79 Å². The van der Waals surface area contributed by atoms with Gasteiger partial charge in [-0.05, 0) is 25.1 Å². The molecule has 0 aliphatic carbocycles. The first-order valence-corrected chi connectivity index (χ1v) is 13.0. The van der Waals surface area contributed by atoms with E-state index in [2.05, 4.69) is 0 Å². The highest BCUT2D eigenvalue weighted by atomic mass is 16.7. The Kier molecular flexibility index (Phi) is 8.41. The number of hydrogen-bond acceptors (Lipinski definition) is 16. The highest BCUT2D eigenvalue weighted by Gasteiger charge is 2.46. The quantitative estimate of drug-likeness (QED) is 0.135. The number of hydrogen-bond donors (Lipinski definition) is 10. The van der Waals surface area contributed by atoms with E-state index in [1.54, 1.807) is 0 Å². The zero-order valence-electron chi connectivity index (χ0n) is 22.3. The van der Waals surface area contributed by atoms with Crippen molar-refractivity contribution in [2.45, 2.75) is 68.3 Å². The summed E-state index contributed by atoms with van der Waals surface area (Å²) in [5.41, 5.74) is -1.40. The standard InChI is InChI=1S/C27H30O16/c1-8-17(32)20(35)22(37)26(39-8)40-10-5-13(31)16-14(6-10)41-24(9-2-3-11(29)12(30)4-9)25(19(16)34)43-27-23(38)21(36)18(33)15(7-28)42-27/h2-6,8,15,17-18,20-23,26-33,35-38H,7H2,1H3/t8-,15+,17+,18-,20-,21+,22-,23-,26+,27+/m1/s1. The summed E-state index contributed by atoms with van der Waals surface area (Å²) in [5, 5.41) is 101. The molecule has 2 aliphatic rings. The normalized spacial score (nSPS) is 32.9. The van der Waals surface area contributed by atoms with E-state index in [4.69, 9.17) is 23.4 Å². The fourth-order valence-electron chi connectivity index (χ4n) is 4.81. The molecule has 10 atom stereocenters. The van der Waals surface area contributed by atoms with Crippen molar-refractivity contribution in [2.75, 3.05) is 6.61 Å². The molecule has 43 heavy (non-hydrogen) atoms. The molecule has 10 N–H and O–H groups in total. The first-order chi connectivity index (χ1) is 20.3. The van der Waals surface area contributed by atoms with Crippen LogP contribution in [0.15, 0.2) is 39.5 Å². The molecule has 1 aromatic heterocycles. The molecule has 0 saturated carbocycles. The minimum atomic E-state index is -1.92. The van der Waals surface area contributed by atoms with Crippen LogP contribution in [-0.4, -0.2) is 119 Å². The summed E-state index contributed by atoms with van der Waals surface area (Å²) in [6.07, 6.45) is -15.9. The molecule has 234 valence electrons. The first-order valence-electron chi connectivity index (χ1n) is 13.0. The molecule has 0 radical (unpaired) electrons. The van der Waals surface area contributed by atoms with Gasteiger partial charge in [-0.1, -0.05) is 0 Å². The van der Waals surface area contributed by atoms with Gasteiger partial charge in [0.2, 0.25) is 23.8 Å². The van der Waals surface area contributed by atoms with Crippen LogP contribution in [0.25, 0.3) is 22.3 Å². The molecule has 0 spiro atoms. The smallest absolute Gasteiger partial charge is 0.239 e. The van der Waals surface area contributed by atoms with Gasteiger partial charge in [0.25, 0.3) is 0 Å². The van der Waals surface area contributed by atoms with E-state index in [1.165, 1.54) is 13.0 Å². The predicted octanol–water partition coefficient (Wildman–Crippen LogP) is -2.04. The van der Waals surface area contributed by atoms with Crippen molar-refractivity contribution in [3.8, 4) is 40.1 Å². The van der Waals surface area contributed by atoms with Gasteiger partial charge < -0.3 is 74.4 Å². The molecule has 0 unspecified atom stereocenters.